The summed E-state index contributed by atoms with van der Waals surface area (Å²) in [5.74, 6) is 0.212. The van der Waals surface area contributed by atoms with Crippen molar-refractivity contribution in [1.29, 1.82) is 0 Å². The number of alkyl halides is 3. The van der Waals surface area contributed by atoms with E-state index >= 15 is 0 Å². The molecule has 0 aliphatic carbocycles. The maximum absolute atomic E-state index is 11.9. The van der Waals surface area contributed by atoms with Crippen LogP contribution in [-0.2, 0) is 0 Å². The second-order valence-electron chi connectivity index (χ2n) is 3.66. The first kappa shape index (κ1) is 11.7. The normalized spacial score (nSPS) is 12.0. The molecule has 2 aromatic heterocycles. The van der Waals surface area contributed by atoms with Crippen molar-refractivity contribution in [3.05, 3.63) is 23.9 Å². The van der Waals surface area contributed by atoms with Gasteiger partial charge in [0.1, 0.15) is 0 Å². The number of fused-ring (bicyclic) bond motifs is 1. The van der Waals surface area contributed by atoms with Gasteiger partial charge in [-0.25, -0.2) is 4.52 Å². The van der Waals surface area contributed by atoms with Gasteiger partial charge in [-0.15, -0.1) is 5.10 Å². The van der Waals surface area contributed by atoms with E-state index < -0.39 is 12.6 Å². The molecular weight excluding hydrogens is 233 g/mol. The summed E-state index contributed by atoms with van der Waals surface area (Å²) in [5, 5.41) is 6.61. The molecule has 17 heavy (non-hydrogen) atoms. The van der Waals surface area contributed by atoms with Gasteiger partial charge in [-0.05, 0) is 19.1 Å². The van der Waals surface area contributed by atoms with Crippen molar-refractivity contribution in [2.24, 2.45) is 0 Å². The first-order valence-electron chi connectivity index (χ1n) is 5.09. The minimum absolute atomic E-state index is 0.212. The van der Waals surface area contributed by atoms with Crippen LogP contribution in [0.2, 0.25) is 0 Å². The van der Waals surface area contributed by atoms with Crippen LogP contribution in [0.5, 0.6) is 0 Å². The summed E-state index contributed by atoms with van der Waals surface area (Å²) < 4.78 is 37.4. The minimum atomic E-state index is -4.16. The summed E-state index contributed by atoms with van der Waals surface area (Å²) >= 11 is 0. The van der Waals surface area contributed by atoms with E-state index in [1.807, 2.05) is 19.1 Å². The van der Waals surface area contributed by atoms with Crippen molar-refractivity contribution in [2.45, 2.75) is 19.5 Å². The lowest BCUT2D eigenvalue weighted by Gasteiger charge is -2.05. The topological polar surface area (TPSA) is 42.2 Å². The van der Waals surface area contributed by atoms with Crippen LogP contribution < -0.4 is 5.32 Å². The second-order valence-corrected chi connectivity index (χ2v) is 3.66. The van der Waals surface area contributed by atoms with Crippen molar-refractivity contribution in [2.75, 3.05) is 11.9 Å². The average Bonchev–Trinajstić information content (AvgIpc) is 2.60. The summed E-state index contributed by atoms with van der Waals surface area (Å²) in [6.45, 7) is 1.63. The van der Waals surface area contributed by atoms with Gasteiger partial charge in [0.05, 0.1) is 6.42 Å². The van der Waals surface area contributed by atoms with Crippen molar-refractivity contribution < 1.29 is 13.2 Å². The lowest BCUT2D eigenvalue weighted by molar-refractivity contribution is -0.131. The van der Waals surface area contributed by atoms with E-state index in [2.05, 4.69) is 15.4 Å². The summed E-state index contributed by atoms with van der Waals surface area (Å²) in [6, 6.07) is 5.41. The highest BCUT2D eigenvalue weighted by Gasteiger charge is 2.26. The zero-order valence-electron chi connectivity index (χ0n) is 9.12. The highest BCUT2D eigenvalue weighted by Crippen LogP contribution is 2.19. The van der Waals surface area contributed by atoms with Crippen LogP contribution in [0.4, 0.5) is 19.1 Å². The predicted octanol–water partition coefficient (Wildman–Crippen LogP) is 2.40. The van der Waals surface area contributed by atoms with Crippen LogP contribution in [0.15, 0.2) is 18.2 Å². The van der Waals surface area contributed by atoms with Crippen LogP contribution in [0.25, 0.3) is 5.65 Å². The Morgan fingerprint density at radius 2 is 2.12 bits per heavy atom. The highest BCUT2D eigenvalue weighted by atomic mass is 19.4. The maximum Gasteiger partial charge on any atom is 0.390 e. The minimum Gasteiger partial charge on any atom is -0.353 e. The molecule has 92 valence electrons. The number of pyridine rings is 1. The monoisotopic (exact) mass is 244 g/mol. The fourth-order valence-corrected chi connectivity index (χ4v) is 1.43. The molecule has 0 aliphatic heterocycles. The fourth-order valence-electron chi connectivity index (χ4n) is 1.43. The van der Waals surface area contributed by atoms with Gasteiger partial charge in [-0.1, -0.05) is 6.07 Å². The lowest BCUT2D eigenvalue weighted by Crippen LogP contribution is -2.15. The largest absolute Gasteiger partial charge is 0.390 e. The summed E-state index contributed by atoms with van der Waals surface area (Å²) in [5.41, 5.74) is 1.48. The van der Waals surface area contributed by atoms with Gasteiger partial charge in [-0.2, -0.15) is 18.2 Å². The molecule has 2 heterocycles. The molecule has 0 bridgehead atoms. The molecule has 0 atom stereocenters. The molecular formula is C10H11F3N4. The Morgan fingerprint density at radius 1 is 1.35 bits per heavy atom. The Hall–Kier alpha value is -1.79. The number of hydrogen-bond acceptors (Lipinski definition) is 3. The van der Waals surface area contributed by atoms with Crippen molar-refractivity contribution in [1.82, 2.24) is 14.6 Å². The Kier molecular flexibility index (Phi) is 2.91. The quantitative estimate of drug-likeness (QED) is 0.901. The zero-order chi connectivity index (χ0) is 12.5. The first-order chi connectivity index (χ1) is 7.96. The third-order valence-electron chi connectivity index (χ3n) is 2.24. The Balaban J connectivity index is 2.07. The third-order valence-corrected chi connectivity index (χ3v) is 2.24. The van der Waals surface area contributed by atoms with E-state index in [0.29, 0.717) is 5.65 Å². The number of anilines is 1. The van der Waals surface area contributed by atoms with E-state index in [0.717, 1.165) is 5.69 Å². The smallest absolute Gasteiger partial charge is 0.353 e. The van der Waals surface area contributed by atoms with Crippen LogP contribution in [-0.4, -0.2) is 27.3 Å². The molecule has 0 saturated heterocycles. The molecule has 0 amide bonds. The maximum atomic E-state index is 11.9. The van der Waals surface area contributed by atoms with E-state index in [9.17, 15) is 13.2 Å². The fraction of sp³-hybridized carbons (Fsp3) is 0.400. The van der Waals surface area contributed by atoms with Crippen LogP contribution in [0, 0.1) is 6.92 Å². The van der Waals surface area contributed by atoms with E-state index in [1.165, 1.54) is 0 Å². The first-order valence-corrected chi connectivity index (χ1v) is 5.09. The van der Waals surface area contributed by atoms with Gasteiger partial charge in [0, 0.05) is 12.2 Å². The molecule has 0 aromatic carbocycles. The molecule has 0 spiro atoms. The third kappa shape index (κ3) is 2.86. The molecule has 1 N–H and O–H groups in total. The van der Waals surface area contributed by atoms with Gasteiger partial charge in [0.25, 0.3) is 0 Å². The summed E-state index contributed by atoms with van der Waals surface area (Å²) in [7, 11) is 0. The molecule has 4 nitrogen and oxygen atoms in total. The number of halogens is 3. The van der Waals surface area contributed by atoms with E-state index in [4.69, 9.17) is 0 Å². The van der Waals surface area contributed by atoms with Gasteiger partial charge in [0.15, 0.2) is 5.65 Å². The number of rotatable bonds is 3. The van der Waals surface area contributed by atoms with Crippen molar-refractivity contribution >= 4 is 11.6 Å². The second kappa shape index (κ2) is 4.23. The number of aromatic nitrogens is 3. The predicted molar refractivity (Wildman–Crippen MR) is 56.9 cm³/mol. The standard InChI is InChI=1S/C10H11F3N4/c1-7-3-2-4-8-15-9(16-17(7)8)14-6-5-10(11,12)13/h2-4H,5-6H2,1H3,(H,14,16). The Labute approximate surface area is 95.5 Å². The summed E-state index contributed by atoms with van der Waals surface area (Å²) in [4.78, 5) is 4.07. The van der Waals surface area contributed by atoms with Gasteiger partial charge < -0.3 is 5.32 Å². The van der Waals surface area contributed by atoms with Crippen LogP contribution >= 0.6 is 0 Å². The highest BCUT2D eigenvalue weighted by molar-refractivity contribution is 5.44. The summed E-state index contributed by atoms with van der Waals surface area (Å²) in [6.07, 6.45) is -5.07. The molecule has 2 aromatic rings. The molecule has 2 rings (SSSR count). The molecule has 0 radical (unpaired) electrons. The average molecular weight is 244 g/mol. The zero-order valence-corrected chi connectivity index (χ0v) is 9.12. The lowest BCUT2D eigenvalue weighted by atomic mass is 10.4. The number of aryl methyl sites for hydroxylation is 1. The number of nitrogens with zero attached hydrogens (tertiary/aromatic N) is 3. The van der Waals surface area contributed by atoms with Gasteiger partial charge in [0.2, 0.25) is 5.95 Å². The van der Waals surface area contributed by atoms with Crippen LogP contribution in [0.3, 0.4) is 0 Å². The molecule has 0 aliphatic rings. The SMILES string of the molecule is Cc1cccc2nc(NCCC(F)(F)F)nn12. The van der Waals surface area contributed by atoms with E-state index in [-0.39, 0.29) is 12.5 Å². The van der Waals surface area contributed by atoms with Crippen molar-refractivity contribution in [3.8, 4) is 0 Å². The number of hydrogen-bond donors (Lipinski definition) is 1. The molecule has 7 heteroatoms. The van der Waals surface area contributed by atoms with Gasteiger partial charge >= 0.3 is 6.18 Å². The Morgan fingerprint density at radius 3 is 2.76 bits per heavy atom. The van der Waals surface area contributed by atoms with E-state index in [1.54, 1.807) is 10.6 Å². The molecule has 0 unspecified atom stereocenters. The molecule has 0 saturated carbocycles. The number of nitrogens with one attached hydrogen (secondary N) is 1. The van der Waals surface area contributed by atoms with Gasteiger partial charge in [-0.3, -0.25) is 0 Å². The Bertz CT molecular complexity index is 518. The van der Waals surface area contributed by atoms with Crippen molar-refractivity contribution in [3.63, 3.8) is 0 Å². The van der Waals surface area contributed by atoms with Crippen LogP contribution in [0.1, 0.15) is 12.1 Å². The molecule has 0 fully saturated rings.